The van der Waals surface area contributed by atoms with Gasteiger partial charge in [-0.25, -0.2) is 4.79 Å². The second-order valence-corrected chi connectivity index (χ2v) is 22.1. The van der Waals surface area contributed by atoms with E-state index in [4.69, 9.17) is 18.6 Å². The standard InChI is InChI=1S/C51H57N3O6Si/c1-49(2,3)47(55)52-45-32-33-54(48(56)53-45)46-34-37(44(60-46)36-59-61(50(4,5)6,42-24-16-10-17-25-42)43-26-18-11-19-27-43)35-58-51(38-20-12-8-13-21-38,39-22-14-9-15-23-39)40-28-30-41(57-7)31-29-40/h8-33,37,44,46H,34-36H2,1-7H3,(H,52,53,55,56)/t37-,44-,46-/m1/s1. The highest BCUT2D eigenvalue weighted by molar-refractivity contribution is 6.99. The van der Waals surface area contributed by atoms with Gasteiger partial charge in [0.05, 0.1) is 26.4 Å². The monoisotopic (exact) mass is 835 g/mol. The summed E-state index contributed by atoms with van der Waals surface area (Å²) in [4.78, 5) is 30.8. The average Bonchev–Trinajstić information content (AvgIpc) is 3.67. The van der Waals surface area contributed by atoms with Crippen molar-refractivity contribution >= 4 is 30.4 Å². The number of rotatable bonds is 14. The van der Waals surface area contributed by atoms with Gasteiger partial charge < -0.3 is 24.0 Å². The summed E-state index contributed by atoms with van der Waals surface area (Å²) >= 11 is 0. The van der Waals surface area contributed by atoms with E-state index in [2.05, 4.69) is 116 Å². The van der Waals surface area contributed by atoms with Crippen molar-refractivity contribution in [3.8, 4) is 5.75 Å². The van der Waals surface area contributed by atoms with Crippen LogP contribution in [0.25, 0.3) is 0 Å². The van der Waals surface area contributed by atoms with E-state index in [0.29, 0.717) is 6.42 Å². The highest BCUT2D eigenvalue weighted by atomic mass is 28.4. The van der Waals surface area contributed by atoms with E-state index in [1.165, 1.54) is 4.57 Å². The molecule has 1 fully saturated rings. The molecular weight excluding hydrogens is 779 g/mol. The number of carbonyl (C=O) groups is 1. The third kappa shape index (κ3) is 9.04. The maximum Gasteiger partial charge on any atom is 0.351 e. The van der Waals surface area contributed by atoms with Crippen molar-refractivity contribution < 1.29 is 23.4 Å². The summed E-state index contributed by atoms with van der Waals surface area (Å²) in [5, 5.41) is 4.84. The highest BCUT2D eigenvalue weighted by Crippen LogP contribution is 2.44. The number of benzene rings is 5. The van der Waals surface area contributed by atoms with Crippen LogP contribution in [0, 0.1) is 11.3 Å². The minimum absolute atomic E-state index is 0.195. The molecule has 1 aliphatic heterocycles. The maximum atomic E-state index is 13.8. The maximum absolute atomic E-state index is 13.8. The van der Waals surface area contributed by atoms with Gasteiger partial charge in [0, 0.05) is 24.0 Å². The smallest absolute Gasteiger partial charge is 0.351 e. The molecule has 316 valence electrons. The van der Waals surface area contributed by atoms with E-state index in [9.17, 15) is 9.59 Å². The highest BCUT2D eigenvalue weighted by Gasteiger charge is 2.52. The number of methoxy groups -OCH3 is 1. The van der Waals surface area contributed by atoms with Crippen LogP contribution in [0.1, 0.15) is 70.9 Å². The van der Waals surface area contributed by atoms with Gasteiger partial charge in [-0.2, -0.15) is 4.98 Å². The molecule has 1 amide bonds. The normalized spacial score (nSPS) is 17.2. The number of hydrogen-bond donors (Lipinski definition) is 1. The number of amides is 1. The molecule has 7 rings (SSSR count). The molecule has 6 aromatic rings. The molecule has 0 unspecified atom stereocenters. The van der Waals surface area contributed by atoms with Crippen LogP contribution in [-0.4, -0.2) is 50.2 Å². The Hall–Kier alpha value is -5.65. The van der Waals surface area contributed by atoms with Crippen LogP contribution < -0.4 is 26.1 Å². The molecule has 9 nitrogen and oxygen atoms in total. The Kier molecular flexibility index (Phi) is 12.9. The molecule has 1 N–H and O–H groups in total. The third-order valence-corrected chi connectivity index (χ3v) is 16.7. The topological polar surface area (TPSA) is 101 Å². The Balaban J connectivity index is 1.30. The summed E-state index contributed by atoms with van der Waals surface area (Å²) in [5.74, 6) is 0.486. The number of carbonyl (C=O) groups excluding carboxylic acids is 1. The van der Waals surface area contributed by atoms with Gasteiger partial charge in [-0.05, 0) is 50.3 Å². The fourth-order valence-corrected chi connectivity index (χ4v) is 13.0. The fourth-order valence-electron chi connectivity index (χ4n) is 8.44. The third-order valence-electron chi connectivity index (χ3n) is 11.7. The van der Waals surface area contributed by atoms with Gasteiger partial charge in [-0.15, -0.1) is 0 Å². The van der Waals surface area contributed by atoms with Crippen molar-refractivity contribution in [2.45, 2.75) is 70.9 Å². The zero-order valence-electron chi connectivity index (χ0n) is 36.2. The van der Waals surface area contributed by atoms with Gasteiger partial charge in [-0.3, -0.25) is 9.36 Å². The molecule has 61 heavy (non-hydrogen) atoms. The Labute approximate surface area is 360 Å². The van der Waals surface area contributed by atoms with Crippen molar-refractivity contribution in [3.05, 3.63) is 185 Å². The van der Waals surface area contributed by atoms with Crippen LogP contribution in [0.2, 0.25) is 5.04 Å². The molecule has 0 bridgehead atoms. The van der Waals surface area contributed by atoms with Crippen molar-refractivity contribution in [1.82, 2.24) is 9.55 Å². The lowest BCUT2D eigenvalue weighted by Crippen LogP contribution is -2.67. The van der Waals surface area contributed by atoms with Crippen molar-refractivity contribution in [2.75, 3.05) is 25.6 Å². The second-order valence-electron chi connectivity index (χ2n) is 17.8. The Morgan fingerprint density at radius 1 is 0.721 bits per heavy atom. The quantitative estimate of drug-likeness (QED) is 0.0866. The van der Waals surface area contributed by atoms with Gasteiger partial charge in [0.15, 0.2) is 0 Å². The number of anilines is 1. The van der Waals surface area contributed by atoms with Crippen LogP contribution in [0.15, 0.2) is 163 Å². The van der Waals surface area contributed by atoms with Crippen LogP contribution in [0.3, 0.4) is 0 Å². The number of hydrogen-bond acceptors (Lipinski definition) is 7. The molecular formula is C51H57N3O6Si. The lowest BCUT2D eigenvalue weighted by atomic mass is 9.80. The molecule has 1 aliphatic rings. The lowest BCUT2D eigenvalue weighted by Gasteiger charge is -2.44. The van der Waals surface area contributed by atoms with Gasteiger partial charge in [0.1, 0.15) is 23.4 Å². The predicted octanol–water partition coefficient (Wildman–Crippen LogP) is 8.73. The predicted molar refractivity (Wildman–Crippen MR) is 244 cm³/mol. The Morgan fingerprint density at radius 3 is 1.70 bits per heavy atom. The van der Waals surface area contributed by atoms with Crippen LogP contribution in [0.4, 0.5) is 5.82 Å². The van der Waals surface area contributed by atoms with Crippen molar-refractivity contribution in [1.29, 1.82) is 0 Å². The molecule has 3 atom stereocenters. The van der Waals surface area contributed by atoms with Gasteiger partial charge in [-0.1, -0.05) is 175 Å². The van der Waals surface area contributed by atoms with Crippen LogP contribution >= 0.6 is 0 Å². The number of ether oxygens (including phenoxy) is 3. The SMILES string of the molecule is COc1ccc(C(OC[C@H]2C[C@H](n3ccc(NC(=O)C(C)(C)C)nc3=O)O[C@@H]2CO[Si](c2ccccc2)(c2ccccc2)C(C)(C)C)(c2ccccc2)c2ccccc2)cc1. The first-order chi connectivity index (χ1) is 29.3. The van der Waals surface area contributed by atoms with E-state index < -0.39 is 37.4 Å². The molecule has 0 aliphatic carbocycles. The summed E-state index contributed by atoms with van der Waals surface area (Å²) in [5.41, 5.74) is 0.685. The van der Waals surface area contributed by atoms with Crippen molar-refractivity contribution in [3.63, 3.8) is 0 Å². The van der Waals surface area contributed by atoms with Gasteiger partial charge in [0.25, 0.3) is 8.32 Å². The molecule has 0 saturated carbocycles. The number of nitrogens with zero attached hydrogens (tertiary/aromatic N) is 2. The van der Waals surface area contributed by atoms with Crippen LogP contribution in [0.5, 0.6) is 5.75 Å². The first-order valence-corrected chi connectivity index (χ1v) is 22.9. The Morgan fingerprint density at radius 2 is 1.23 bits per heavy atom. The molecule has 2 heterocycles. The second kappa shape index (κ2) is 18.1. The minimum atomic E-state index is -2.98. The molecule has 1 saturated heterocycles. The zero-order valence-corrected chi connectivity index (χ0v) is 37.2. The van der Waals surface area contributed by atoms with E-state index in [0.717, 1.165) is 32.8 Å². The largest absolute Gasteiger partial charge is 0.497 e. The fraction of sp³-hybridized carbons (Fsp3) is 0.314. The molecule has 5 aromatic carbocycles. The minimum Gasteiger partial charge on any atom is -0.497 e. The number of nitrogens with one attached hydrogen (secondary N) is 1. The van der Waals surface area contributed by atoms with E-state index >= 15 is 0 Å². The molecule has 10 heteroatoms. The Bertz CT molecular complexity index is 2340. The van der Waals surface area contributed by atoms with E-state index in [1.807, 2.05) is 81.4 Å². The molecule has 1 aromatic heterocycles. The van der Waals surface area contributed by atoms with E-state index in [-0.39, 0.29) is 35.9 Å². The first-order valence-electron chi connectivity index (χ1n) is 21.0. The summed E-state index contributed by atoms with van der Waals surface area (Å²) in [6, 6.07) is 51.3. The summed E-state index contributed by atoms with van der Waals surface area (Å²) in [6.07, 6.45) is 0.959. The van der Waals surface area contributed by atoms with Gasteiger partial charge in [0.2, 0.25) is 5.91 Å². The molecule has 0 spiro atoms. The summed E-state index contributed by atoms with van der Waals surface area (Å²) in [6.45, 7) is 12.7. The van der Waals surface area contributed by atoms with Gasteiger partial charge >= 0.3 is 5.69 Å². The first kappa shape index (κ1) is 43.4. The summed E-state index contributed by atoms with van der Waals surface area (Å²) < 4.78 is 29.0. The number of aromatic nitrogens is 2. The van der Waals surface area contributed by atoms with Crippen LogP contribution in [-0.2, 0) is 24.3 Å². The lowest BCUT2D eigenvalue weighted by molar-refractivity contribution is -0.123. The zero-order chi connectivity index (χ0) is 43.3. The average molecular weight is 836 g/mol. The van der Waals surface area contributed by atoms with Crippen molar-refractivity contribution in [2.24, 2.45) is 11.3 Å². The summed E-state index contributed by atoms with van der Waals surface area (Å²) in [7, 11) is -1.32. The molecule has 0 radical (unpaired) electrons. The van der Waals surface area contributed by atoms with E-state index in [1.54, 1.807) is 19.4 Å².